The zero-order valence-corrected chi connectivity index (χ0v) is 31.0. The largest absolute Gasteiger partial charge is 0.394 e. The summed E-state index contributed by atoms with van der Waals surface area (Å²) in [5, 5.41) is 17.6. The van der Waals surface area contributed by atoms with Crippen LogP contribution in [0.1, 0.15) is 88.1 Å². The van der Waals surface area contributed by atoms with E-state index in [2.05, 4.69) is 24.3 Å². The van der Waals surface area contributed by atoms with Crippen LogP contribution in [-0.2, 0) is 25.7 Å². The highest BCUT2D eigenvalue weighted by molar-refractivity contribution is 5.96. The van der Waals surface area contributed by atoms with Crippen molar-refractivity contribution in [1.82, 2.24) is 29.8 Å². The van der Waals surface area contributed by atoms with Gasteiger partial charge in [0.25, 0.3) is 5.91 Å². The summed E-state index contributed by atoms with van der Waals surface area (Å²) in [6, 6.07) is 8.69. The molecule has 5 atom stereocenters. The third-order valence-electron chi connectivity index (χ3n) is 12.7. The summed E-state index contributed by atoms with van der Waals surface area (Å²) in [7, 11) is 0. The molecule has 7 rings (SSSR count). The lowest BCUT2D eigenvalue weighted by Gasteiger charge is -2.50. The molecule has 1 aromatic heterocycles. The second-order valence-electron chi connectivity index (χ2n) is 17.0. The maximum atomic E-state index is 14.5. The van der Waals surface area contributed by atoms with Crippen LogP contribution in [0.25, 0.3) is 0 Å². The number of ether oxygens (including phenoxy) is 1. The fourth-order valence-electron chi connectivity index (χ4n) is 9.16. The maximum Gasteiger partial charge on any atom is 0.257 e. The van der Waals surface area contributed by atoms with E-state index in [1.807, 2.05) is 42.2 Å². The summed E-state index contributed by atoms with van der Waals surface area (Å²) in [5.41, 5.74) is 0.869. The predicted molar refractivity (Wildman–Crippen MR) is 194 cm³/mol. The Hall–Kier alpha value is -3.77. The summed E-state index contributed by atoms with van der Waals surface area (Å²) in [5.74, 6) is -0.848. The Labute approximate surface area is 307 Å². The van der Waals surface area contributed by atoms with Crippen LogP contribution in [0.2, 0.25) is 0 Å². The minimum absolute atomic E-state index is 0.0163. The van der Waals surface area contributed by atoms with Crippen molar-refractivity contribution < 1.29 is 29.0 Å². The Morgan fingerprint density at radius 3 is 2.38 bits per heavy atom. The van der Waals surface area contributed by atoms with Crippen molar-refractivity contribution in [1.29, 1.82) is 0 Å². The quantitative estimate of drug-likeness (QED) is 0.344. The number of carbonyl (C=O) groups is 4. The van der Waals surface area contributed by atoms with Gasteiger partial charge in [-0.3, -0.25) is 23.9 Å². The van der Waals surface area contributed by atoms with Crippen molar-refractivity contribution in [2.45, 2.75) is 96.9 Å². The monoisotopic (exact) mass is 716 g/mol. The Balaban J connectivity index is 1.09. The molecule has 2 N–H and O–H groups in total. The summed E-state index contributed by atoms with van der Waals surface area (Å²) in [4.78, 5) is 61.4. The molecule has 3 saturated heterocycles. The van der Waals surface area contributed by atoms with Gasteiger partial charge in [-0.1, -0.05) is 63.4 Å². The van der Waals surface area contributed by atoms with Crippen LogP contribution in [0.5, 0.6) is 0 Å². The van der Waals surface area contributed by atoms with Crippen LogP contribution >= 0.6 is 0 Å². The number of hydrogen-bond donors (Lipinski definition) is 2. The molecule has 2 saturated carbocycles. The molecule has 0 unspecified atom stereocenters. The molecule has 0 radical (unpaired) electrons. The van der Waals surface area contributed by atoms with Gasteiger partial charge < -0.3 is 29.9 Å². The van der Waals surface area contributed by atoms with Crippen LogP contribution in [0, 0.1) is 28.6 Å². The van der Waals surface area contributed by atoms with Gasteiger partial charge in [-0.2, -0.15) is 5.10 Å². The number of nitrogens with zero attached hydrogens (tertiary/aromatic N) is 5. The predicted octanol–water partition coefficient (Wildman–Crippen LogP) is 3.33. The summed E-state index contributed by atoms with van der Waals surface area (Å²) in [6.07, 6.45) is 10.9. The molecule has 12 heteroatoms. The second kappa shape index (κ2) is 14.9. The first kappa shape index (κ1) is 36.6. The number of aliphatic hydroxyl groups excluding tert-OH is 1. The molecular weight excluding hydrogens is 660 g/mol. The van der Waals surface area contributed by atoms with E-state index in [1.54, 1.807) is 26.9 Å². The van der Waals surface area contributed by atoms with Gasteiger partial charge in [0.15, 0.2) is 0 Å². The molecule has 1 aromatic carbocycles. The van der Waals surface area contributed by atoms with Crippen LogP contribution in [0.4, 0.5) is 0 Å². The Kier molecular flexibility index (Phi) is 10.5. The van der Waals surface area contributed by atoms with Gasteiger partial charge in [0.2, 0.25) is 17.7 Å². The lowest BCUT2D eigenvalue weighted by Crippen LogP contribution is -2.65. The van der Waals surface area contributed by atoms with Crippen LogP contribution in [-0.4, -0.2) is 117 Å². The van der Waals surface area contributed by atoms with Gasteiger partial charge in [0, 0.05) is 56.9 Å². The van der Waals surface area contributed by atoms with Crippen LogP contribution < -0.4 is 5.32 Å². The van der Waals surface area contributed by atoms with Crippen molar-refractivity contribution in [3.05, 3.63) is 53.9 Å². The zero-order chi connectivity index (χ0) is 36.6. The fourth-order valence-corrected chi connectivity index (χ4v) is 9.16. The number of carbonyl (C=O) groups excluding carboxylic acids is 4. The third-order valence-corrected chi connectivity index (χ3v) is 12.7. The van der Waals surface area contributed by atoms with Crippen molar-refractivity contribution in [2.24, 2.45) is 28.6 Å². The first-order chi connectivity index (χ1) is 25.0. The molecule has 2 aliphatic carbocycles. The number of nitrogens with one attached hydrogen (secondary N) is 1. The molecule has 1 spiro atoms. The minimum atomic E-state index is -0.939. The molecule has 5 fully saturated rings. The van der Waals surface area contributed by atoms with Crippen molar-refractivity contribution in [3.63, 3.8) is 0 Å². The SMILES string of the molecule is C[C@@H](OCC1CCCCC1)[C@H](NC(=O)[C@@H]1CN(C(=O)c2cnn(Cc3ccccc3)c2)CC12CN(C(=O)[C@H]1CC1(C)C)C2)C(=O)N1CCC[C@H]1CO. The number of rotatable bonds is 12. The molecule has 282 valence electrons. The van der Waals surface area contributed by atoms with E-state index in [1.165, 1.54) is 19.3 Å². The smallest absolute Gasteiger partial charge is 0.257 e. The Morgan fingerprint density at radius 2 is 1.69 bits per heavy atom. The number of hydrogen-bond acceptors (Lipinski definition) is 7. The average molecular weight is 717 g/mol. The number of aliphatic hydroxyl groups is 1. The minimum Gasteiger partial charge on any atom is -0.394 e. The molecule has 5 aliphatic rings. The van der Waals surface area contributed by atoms with E-state index in [0.29, 0.717) is 57.2 Å². The number of aromatic nitrogens is 2. The highest BCUT2D eigenvalue weighted by atomic mass is 16.5. The standard InChI is InChI=1S/C40H56N6O6/c1-27(52-23-29-13-8-5-9-14-29)34(38(51)46-16-10-15-31(46)22-47)42-35(48)33-21-43(24-40(33)25-44(26-40)37(50)32-17-39(32,2)3)36(49)30-18-41-45(20-30)19-28-11-6-4-7-12-28/h4,6-7,11-12,18,20,27,29,31-34,47H,5,8-10,13-17,19,21-26H2,1-3H3,(H,42,48)/t27-,31+,32-,33+,34+/m1/s1. The third kappa shape index (κ3) is 7.51. The van der Waals surface area contributed by atoms with Crippen LogP contribution in [0.3, 0.4) is 0 Å². The average Bonchev–Trinajstić information content (AvgIpc) is 3.61. The number of amides is 4. The normalized spacial score (nSPS) is 26.2. The summed E-state index contributed by atoms with van der Waals surface area (Å²) in [6.45, 7) is 8.79. The second-order valence-corrected chi connectivity index (χ2v) is 17.0. The van der Waals surface area contributed by atoms with E-state index in [4.69, 9.17) is 4.74 Å². The summed E-state index contributed by atoms with van der Waals surface area (Å²) >= 11 is 0. The fraction of sp³-hybridized carbons (Fsp3) is 0.675. The highest BCUT2D eigenvalue weighted by Gasteiger charge is 2.62. The van der Waals surface area contributed by atoms with E-state index in [9.17, 15) is 24.3 Å². The molecule has 3 aliphatic heterocycles. The molecule has 52 heavy (non-hydrogen) atoms. The Morgan fingerprint density at radius 1 is 0.981 bits per heavy atom. The van der Waals surface area contributed by atoms with E-state index >= 15 is 0 Å². The molecular formula is C40H56N6O6. The van der Waals surface area contributed by atoms with Gasteiger partial charge in [-0.25, -0.2) is 0 Å². The molecule has 0 bridgehead atoms. The zero-order valence-electron chi connectivity index (χ0n) is 31.0. The van der Waals surface area contributed by atoms with Gasteiger partial charge in [-0.15, -0.1) is 0 Å². The van der Waals surface area contributed by atoms with Gasteiger partial charge in [0.05, 0.1) is 43.0 Å². The first-order valence-electron chi connectivity index (χ1n) is 19.5. The topological polar surface area (TPSA) is 137 Å². The molecule has 4 heterocycles. The van der Waals surface area contributed by atoms with E-state index in [0.717, 1.165) is 31.2 Å². The van der Waals surface area contributed by atoms with E-state index < -0.39 is 23.5 Å². The molecule has 4 amide bonds. The van der Waals surface area contributed by atoms with Crippen LogP contribution in [0.15, 0.2) is 42.7 Å². The summed E-state index contributed by atoms with van der Waals surface area (Å²) < 4.78 is 8.10. The van der Waals surface area contributed by atoms with Crippen molar-refractivity contribution >= 4 is 23.6 Å². The lowest BCUT2D eigenvalue weighted by atomic mass is 9.70. The molecule has 12 nitrogen and oxygen atoms in total. The molecule has 2 aromatic rings. The van der Waals surface area contributed by atoms with Gasteiger partial charge in [-0.05, 0) is 55.9 Å². The van der Waals surface area contributed by atoms with Gasteiger partial charge >= 0.3 is 0 Å². The number of benzene rings is 1. The lowest BCUT2D eigenvalue weighted by molar-refractivity contribution is -0.153. The first-order valence-corrected chi connectivity index (χ1v) is 19.5. The maximum absolute atomic E-state index is 14.5. The number of likely N-dealkylation sites (tertiary alicyclic amines) is 3. The van der Waals surface area contributed by atoms with Crippen molar-refractivity contribution in [3.8, 4) is 0 Å². The Bertz CT molecular complexity index is 1610. The van der Waals surface area contributed by atoms with Gasteiger partial charge in [0.1, 0.15) is 6.04 Å². The highest BCUT2D eigenvalue weighted by Crippen LogP contribution is 2.54. The van der Waals surface area contributed by atoms with E-state index in [-0.39, 0.29) is 54.2 Å². The van der Waals surface area contributed by atoms with Crippen molar-refractivity contribution in [2.75, 3.05) is 45.9 Å².